The number of hydrogen-bond acceptors (Lipinski definition) is 3. The van der Waals surface area contributed by atoms with Crippen LogP contribution in [0.1, 0.15) is 25.8 Å². The summed E-state index contributed by atoms with van der Waals surface area (Å²) in [5.41, 5.74) is 5.68. The number of nitrogens with one attached hydrogen (secondary N) is 1. The van der Waals surface area contributed by atoms with E-state index in [-0.39, 0.29) is 17.9 Å². The topological polar surface area (TPSA) is 95.6 Å². The van der Waals surface area contributed by atoms with Gasteiger partial charge >= 0.3 is 0 Å². The summed E-state index contributed by atoms with van der Waals surface area (Å²) in [5.74, 6) is 0.167. The van der Waals surface area contributed by atoms with E-state index in [4.69, 9.17) is 5.73 Å². The van der Waals surface area contributed by atoms with Gasteiger partial charge in [-0.15, -0.1) is 0 Å². The van der Waals surface area contributed by atoms with Gasteiger partial charge in [0, 0.05) is 12.0 Å². The zero-order chi connectivity index (χ0) is 14.5. The molecular weight excluding hydrogens is 263 g/mol. The first-order valence-electron chi connectivity index (χ1n) is 6.12. The summed E-state index contributed by atoms with van der Waals surface area (Å²) in [7, 11) is -3.87. The van der Waals surface area contributed by atoms with E-state index in [1.165, 1.54) is 0 Å². The second-order valence-corrected chi connectivity index (χ2v) is 7.02. The highest BCUT2D eigenvalue weighted by molar-refractivity contribution is 7.81. The van der Waals surface area contributed by atoms with Gasteiger partial charge in [0.15, 0.2) is 0 Å². The van der Waals surface area contributed by atoms with Gasteiger partial charge in [0.2, 0.25) is 7.34 Å². The third-order valence-corrected chi connectivity index (χ3v) is 4.30. The molecule has 0 saturated heterocycles. The lowest BCUT2D eigenvalue weighted by Gasteiger charge is -2.17. The smallest absolute Gasteiger partial charge is 0.294 e. The molecule has 0 fully saturated rings. The van der Waals surface area contributed by atoms with Gasteiger partial charge in [-0.2, -0.15) is 0 Å². The van der Waals surface area contributed by atoms with Gasteiger partial charge in [-0.25, -0.2) is 0 Å². The molecule has 0 bridgehead atoms. The number of rotatable bonds is 5. The van der Waals surface area contributed by atoms with E-state index < -0.39 is 13.0 Å². The fraction of sp³-hybridized carbons (Fsp3) is 0.385. The first kappa shape index (κ1) is 15.9. The lowest BCUT2D eigenvalue weighted by atomic mass is 10.1. The third kappa shape index (κ3) is 4.80. The van der Waals surface area contributed by atoms with Gasteiger partial charge in [-0.3, -0.25) is 4.79 Å². The lowest BCUT2D eigenvalue weighted by Crippen LogP contribution is -2.27. The maximum atomic E-state index is 11.8. The fourth-order valence-corrected chi connectivity index (χ4v) is 2.74. The van der Waals surface area contributed by atoms with E-state index in [1.807, 2.05) is 44.2 Å². The molecule has 0 aliphatic heterocycles. The van der Waals surface area contributed by atoms with Crippen LogP contribution in [0.4, 0.5) is 4.79 Å². The van der Waals surface area contributed by atoms with Crippen molar-refractivity contribution in [2.45, 2.75) is 26.8 Å². The van der Waals surface area contributed by atoms with Gasteiger partial charge in [0.05, 0.1) is 0 Å². The summed E-state index contributed by atoms with van der Waals surface area (Å²) < 4.78 is 0. The lowest BCUT2D eigenvalue weighted by molar-refractivity contribution is 0.254. The van der Waals surface area contributed by atoms with E-state index in [0.717, 1.165) is 5.56 Å². The molecule has 0 spiro atoms. The fourth-order valence-electron chi connectivity index (χ4n) is 1.56. The Hall–Kier alpha value is -1.13. The molecule has 106 valence electrons. The van der Waals surface area contributed by atoms with E-state index in [0.29, 0.717) is 6.42 Å². The zero-order valence-corrected chi connectivity index (χ0v) is 12.1. The van der Waals surface area contributed by atoms with E-state index >= 15 is 0 Å². The summed E-state index contributed by atoms with van der Waals surface area (Å²) in [6.07, 6.45) is 0.319. The normalized spacial score (nSPS) is 11.5. The number of benzene rings is 1. The molecule has 0 aliphatic carbocycles. The van der Waals surface area contributed by atoms with Crippen LogP contribution in [0, 0.1) is 5.92 Å². The molecule has 0 aliphatic rings. The molecular formula is C13H21N2O3P. The quantitative estimate of drug-likeness (QED) is 0.621. The summed E-state index contributed by atoms with van der Waals surface area (Å²) in [6.45, 7) is 4.04. The molecule has 1 aromatic rings. The van der Waals surface area contributed by atoms with Crippen LogP contribution >= 0.6 is 7.34 Å². The number of nitrogens with two attached hydrogens (primary N) is 1. The minimum Gasteiger partial charge on any atom is -0.346 e. The summed E-state index contributed by atoms with van der Waals surface area (Å²) >= 11 is 0. The number of amides is 1. The first-order chi connectivity index (χ1) is 8.84. The Bertz CT molecular complexity index is 480. The van der Waals surface area contributed by atoms with E-state index in [1.54, 1.807) is 0 Å². The maximum absolute atomic E-state index is 11.8. The molecule has 0 unspecified atom stereocenters. The minimum absolute atomic E-state index is 0.0342. The van der Waals surface area contributed by atoms with Gasteiger partial charge in [-0.05, 0) is 17.9 Å². The molecule has 1 amide bonds. The largest absolute Gasteiger partial charge is 0.346 e. The first-order valence-corrected chi connectivity index (χ1v) is 7.82. The van der Waals surface area contributed by atoms with Crippen LogP contribution < -0.4 is 11.1 Å². The maximum Gasteiger partial charge on any atom is 0.294 e. The van der Waals surface area contributed by atoms with Gasteiger partial charge < -0.3 is 20.8 Å². The third-order valence-electron chi connectivity index (χ3n) is 2.59. The molecule has 0 aromatic heterocycles. The molecule has 5 N–H and O–H groups in total. The zero-order valence-electron chi connectivity index (χ0n) is 11.2. The van der Waals surface area contributed by atoms with Crippen molar-refractivity contribution in [1.82, 2.24) is 5.32 Å². The Morgan fingerprint density at radius 3 is 2.42 bits per heavy atom. The second-order valence-electron chi connectivity index (χ2n) is 4.83. The Labute approximate surface area is 113 Å². The number of hydrogen-bond donors (Lipinski definition) is 4. The predicted octanol–water partition coefficient (Wildman–Crippen LogP) is 1.86. The van der Waals surface area contributed by atoms with Crippen molar-refractivity contribution in [2.75, 3.05) is 0 Å². The summed E-state index contributed by atoms with van der Waals surface area (Å²) in [5, 5.41) is 2.50. The van der Waals surface area contributed by atoms with Crippen molar-refractivity contribution < 1.29 is 14.6 Å². The van der Waals surface area contributed by atoms with Gasteiger partial charge in [0.25, 0.3) is 5.65 Å². The Morgan fingerprint density at radius 1 is 1.32 bits per heavy atom. The monoisotopic (exact) mass is 284 g/mol. The van der Waals surface area contributed by atoms with Crippen LogP contribution in [0.15, 0.2) is 30.3 Å². The van der Waals surface area contributed by atoms with E-state index in [9.17, 15) is 14.6 Å². The van der Waals surface area contributed by atoms with Crippen molar-refractivity contribution in [3.05, 3.63) is 35.9 Å². The van der Waals surface area contributed by atoms with Crippen molar-refractivity contribution in [3.63, 3.8) is 0 Å². The van der Waals surface area contributed by atoms with Crippen LogP contribution in [-0.2, 0) is 6.54 Å². The van der Waals surface area contributed by atoms with Crippen molar-refractivity contribution >= 4 is 18.4 Å². The highest BCUT2D eigenvalue weighted by Crippen LogP contribution is 2.40. The molecule has 1 aromatic carbocycles. The molecule has 19 heavy (non-hydrogen) atoms. The van der Waals surface area contributed by atoms with Crippen LogP contribution in [0.2, 0.25) is 0 Å². The number of carbonyl (C=O) groups is 1. The molecule has 0 atom stereocenters. The summed E-state index contributed by atoms with van der Waals surface area (Å²) in [4.78, 5) is 31.5. The van der Waals surface area contributed by atoms with Crippen LogP contribution in [-0.4, -0.2) is 20.9 Å². The Kier molecular flexibility index (Phi) is 5.76. The minimum atomic E-state index is -3.87. The standard InChI is InChI=1S/C13H21N2O3P/c1-10(2)8-12(14)19(17,18)13(16)15-9-11-6-4-3-5-7-11/h3-7,10,17-18H,8-9,14H2,1-2H3,(H,15,16). The molecule has 0 saturated carbocycles. The van der Waals surface area contributed by atoms with Crippen molar-refractivity contribution in [3.8, 4) is 0 Å². The van der Waals surface area contributed by atoms with Crippen molar-refractivity contribution in [2.24, 2.45) is 11.7 Å². The average Bonchev–Trinajstić information content (AvgIpc) is 2.36. The van der Waals surface area contributed by atoms with Crippen LogP contribution in [0.5, 0.6) is 0 Å². The average molecular weight is 284 g/mol. The predicted molar refractivity (Wildman–Crippen MR) is 78.7 cm³/mol. The molecule has 1 rings (SSSR count). The van der Waals surface area contributed by atoms with Gasteiger partial charge in [-0.1, -0.05) is 44.2 Å². The Morgan fingerprint density at radius 2 is 1.89 bits per heavy atom. The highest BCUT2D eigenvalue weighted by Gasteiger charge is 2.25. The van der Waals surface area contributed by atoms with Crippen LogP contribution in [0.25, 0.3) is 0 Å². The summed E-state index contributed by atoms with van der Waals surface area (Å²) in [6, 6.07) is 9.25. The molecule has 0 heterocycles. The molecule has 6 heteroatoms. The molecule has 0 radical (unpaired) electrons. The second kappa shape index (κ2) is 6.87. The van der Waals surface area contributed by atoms with Crippen LogP contribution in [0.3, 0.4) is 0 Å². The van der Waals surface area contributed by atoms with Gasteiger partial charge in [0.1, 0.15) is 0 Å². The number of carbonyl (C=O) groups excluding carboxylic acids is 1. The van der Waals surface area contributed by atoms with Crippen molar-refractivity contribution in [1.29, 1.82) is 0 Å². The highest BCUT2D eigenvalue weighted by atomic mass is 31.2. The van der Waals surface area contributed by atoms with E-state index in [2.05, 4.69) is 5.32 Å². The molecule has 5 nitrogen and oxygen atoms in total. The Balaban J connectivity index is 2.71. The SMILES string of the molecule is CC(C)CC(N)=P(O)(O)C(=O)NCc1ccccc1.